The van der Waals surface area contributed by atoms with E-state index in [1.165, 1.54) is 24.8 Å². The Bertz CT molecular complexity index is 835. The maximum atomic E-state index is 13.9. The molecule has 1 heterocycles. The lowest BCUT2D eigenvalue weighted by atomic mass is 9.73. The van der Waals surface area contributed by atoms with Crippen molar-refractivity contribution >= 4 is 11.8 Å². The number of hydrogen-bond donors (Lipinski definition) is 1. The average molecular weight is 484 g/mol. The van der Waals surface area contributed by atoms with Crippen LogP contribution >= 0.6 is 0 Å². The molecule has 1 saturated heterocycles. The summed E-state index contributed by atoms with van der Waals surface area (Å²) >= 11 is 0. The number of benzene rings is 1. The highest BCUT2D eigenvalue weighted by Gasteiger charge is 2.39. The van der Waals surface area contributed by atoms with Crippen LogP contribution in [0, 0.1) is 23.2 Å². The van der Waals surface area contributed by atoms with Crippen LogP contribution < -0.4 is 5.73 Å². The number of primary amides is 1. The second kappa shape index (κ2) is 11.9. The third kappa shape index (κ3) is 6.47. The molecule has 0 bridgehead atoms. The summed E-state index contributed by atoms with van der Waals surface area (Å²) in [5, 5.41) is 0. The molecule has 2 unspecified atom stereocenters. The molecule has 1 aromatic rings. The first kappa shape index (κ1) is 27.7. The number of nitrogens with two attached hydrogens (primary N) is 1. The van der Waals surface area contributed by atoms with Crippen molar-refractivity contribution in [3.8, 4) is 0 Å². The van der Waals surface area contributed by atoms with Gasteiger partial charge < -0.3 is 10.6 Å². The van der Waals surface area contributed by atoms with E-state index in [0.717, 1.165) is 51.0 Å². The molecule has 0 spiro atoms. The van der Waals surface area contributed by atoms with E-state index >= 15 is 0 Å². The minimum Gasteiger partial charge on any atom is -0.369 e. The third-order valence-electron chi connectivity index (χ3n) is 9.22. The molecule has 0 aromatic heterocycles. The topological polar surface area (TPSA) is 66.6 Å². The fourth-order valence-corrected chi connectivity index (χ4v) is 6.33. The molecule has 2 fully saturated rings. The lowest BCUT2D eigenvalue weighted by Gasteiger charge is -2.43. The van der Waals surface area contributed by atoms with Crippen molar-refractivity contribution in [3.63, 3.8) is 0 Å². The van der Waals surface area contributed by atoms with E-state index in [4.69, 9.17) is 5.73 Å². The van der Waals surface area contributed by atoms with Gasteiger partial charge in [0.15, 0.2) is 0 Å². The van der Waals surface area contributed by atoms with Crippen LogP contribution in [0.1, 0.15) is 91.0 Å². The minimum atomic E-state index is -0.740. The highest BCUT2D eigenvalue weighted by molar-refractivity contribution is 5.83. The number of carbonyl (C=O) groups is 2. The van der Waals surface area contributed by atoms with Gasteiger partial charge in [0, 0.05) is 24.5 Å². The summed E-state index contributed by atoms with van der Waals surface area (Å²) in [5.74, 6) is 1.01. The number of amides is 2. The Morgan fingerprint density at radius 3 is 2.34 bits per heavy atom. The first-order chi connectivity index (χ1) is 16.6. The van der Waals surface area contributed by atoms with Crippen LogP contribution in [0.4, 0.5) is 0 Å². The van der Waals surface area contributed by atoms with Crippen LogP contribution in [0.3, 0.4) is 0 Å². The second-order valence-corrected chi connectivity index (χ2v) is 12.0. The maximum absolute atomic E-state index is 13.9. The zero-order chi connectivity index (χ0) is 25.6. The van der Waals surface area contributed by atoms with Crippen LogP contribution in [0.2, 0.25) is 0 Å². The molecule has 3 atom stereocenters. The molecular weight excluding hydrogens is 434 g/mol. The molecule has 2 amide bonds. The van der Waals surface area contributed by atoms with Crippen LogP contribution in [0.25, 0.3) is 0 Å². The molecule has 5 heteroatoms. The predicted octanol–water partition coefficient (Wildman–Crippen LogP) is 5.58. The largest absolute Gasteiger partial charge is 0.369 e. The van der Waals surface area contributed by atoms with E-state index in [1.54, 1.807) is 0 Å². The first-order valence-corrected chi connectivity index (χ1v) is 14.0. The van der Waals surface area contributed by atoms with Crippen LogP contribution in [-0.2, 0) is 15.1 Å². The van der Waals surface area contributed by atoms with Crippen molar-refractivity contribution in [1.29, 1.82) is 0 Å². The highest BCUT2D eigenvalue weighted by Crippen LogP contribution is 2.42. The maximum Gasteiger partial charge on any atom is 0.225 e. The number of hydrogen-bond acceptors (Lipinski definition) is 3. The van der Waals surface area contributed by atoms with Gasteiger partial charge in [-0.15, -0.1) is 0 Å². The monoisotopic (exact) mass is 483 g/mol. The molecule has 35 heavy (non-hydrogen) atoms. The van der Waals surface area contributed by atoms with Gasteiger partial charge in [0.2, 0.25) is 11.8 Å². The predicted molar refractivity (Wildman–Crippen MR) is 144 cm³/mol. The van der Waals surface area contributed by atoms with E-state index in [0.29, 0.717) is 19.0 Å². The molecule has 1 saturated carbocycles. The Morgan fingerprint density at radius 1 is 1.11 bits per heavy atom. The zero-order valence-electron chi connectivity index (χ0n) is 22.9. The number of carbonyl (C=O) groups excluding carboxylic acids is 2. The molecular formula is C30H49N3O2. The molecule has 1 aliphatic heterocycles. The summed E-state index contributed by atoms with van der Waals surface area (Å²) in [5.41, 5.74) is 6.32. The molecule has 1 aliphatic carbocycles. The standard InChI is InChI=1S/C30H49N3O2/c1-6-32(5)30(26-16-8-7-9-17-26)18-11-15-25(21-24-13-10-14-24)23(2)27(34)33(20-12-19-30)22-29(3,4)28(31)35/h7-9,16-17,23-25H,6,10-15,18-22H2,1-5H3,(H2,31,35)/t23?,25?,30-/m1/s1. The fraction of sp³-hybridized carbons (Fsp3) is 0.733. The SMILES string of the molecule is CCN(C)[C@]1(c2ccccc2)CCCC(CC2CCC2)C(C)C(=O)N(CC(C)(C)C(N)=O)CCC1. The van der Waals surface area contributed by atoms with Gasteiger partial charge in [0.1, 0.15) is 0 Å². The minimum absolute atomic E-state index is 0.0209. The van der Waals surface area contributed by atoms with Gasteiger partial charge in [0.25, 0.3) is 0 Å². The highest BCUT2D eigenvalue weighted by atomic mass is 16.2. The van der Waals surface area contributed by atoms with Crippen molar-refractivity contribution in [3.05, 3.63) is 35.9 Å². The van der Waals surface area contributed by atoms with Crippen LogP contribution in [0.5, 0.6) is 0 Å². The molecule has 1 aromatic carbocycles. The summed E-state index contributed by atoms with van der Waals surface area (Å²) < 4.78 is 0. The number of nitrogens with zero attached hydrogens (tertiary/aromatic N) is 2. The van der Waals surface area contributed by atoms with Gasteiger partial charge >= 0.3 is 0 Å². The van der Waals surface area contributed by atoms with Crippen molar-refractivity contribution in [2.45, 2.75) is 91.0 Å². The Labute approximate surface area is 213 Å². The third-order valence-corrected chi connectivity index (χ3v) is 9.22. The van der Waals surface area contributed by atoms with Crippen molar-refractivity contribution in [2.75, 3.05) is 26.7 Å². The summed E-state index contributed by atoms with van der Waals surface area (Å²) in [4.78, 5) is 30.5. The summed E-state index contributed by atoms with van der Waals surface area (Å²) in [6, 6.07) is 11.0. The molecule has 2 aliphatic rings. The van der Waals surface area contributed by atoms with Gasteiger partial charge in [-0.3, -0.25) is 14.5 Å². The van der Waals surface area contributed by atoms with E-state index in [2.05, 4.69) is 56.1 Å². The normalized spacial score (nSPS) is 27.4. The van der Waals surface area contributed by atoms with Crippen molar-refractivity contribution in [1.82, 2.24) is 9.80 Å². The lowest BCUT2D eigenvalue weighted by Crippen LogP contribution is -2.48. The zero-order valence-corrected chi connectivity index (χ0v) is 22.9. The van der Waals surface area contributed by atoms with E-state index in [1.807, 2.05) is 18.7 Å². The summed E-state index contributed by atoms with van der Waals surface area (Å²) in [7, 11) is 2.25. The van der Waals surface area contributed by atoms with Gasteiger partial charge in [-0.1, -0.05) is 69.9 Å². The second-order valence-electron chi connectivity index (χ2n) is 12.0. The van der Waals surface area contributed by atoms with Gasteiger partial charge in [-0.2, -0.15) is 0 Å². The Balaban J connectivity index is 1.95. The number of rotatable bonds is 8. The fourth-order valence-electron chi connectivity index (χ4n) is 6.33. The van der Waals surface area contributed by atoms with Crippen molar-refractivity contribution < 1.29 is 9.59 Å². The molecule has 3 rings (SSSR count). The van der Waals surface area contributed by atoms with Gasteiger partial charge in [-0.25, -0.2) is 0 Å². The first-order valence-electron chi connectivity index (χ1n) is 14.0. The molecule has 0 radical (unpaired) electrons. The Hall–Kier alpha value is -1.88. The van der Waals surface area contributed by atoms with Crippen LogP contribution in [-0.4, -0.2) is 48.3 Å². The smallest absolute Gasteiger partial charge is 0.225 e. The Morgan fingerprint density at radius 2 is 1.77 bits per heavy atom. The van der Waals surface area contributed by atoms with E-state index in [9.17, 15) is 9.59 Å². The molecule has 196 valence electrons. The van der Waals surface area contributed by atoms with Crippen LogP contribution in [0.15, 0.2) is 30.3 Å². The quantitative estimate of drug-likeness (QED) is 0.525. The lowest BCUT2D eigenvalue weighted by molar-refractivity contribution is -0.140. The van der Waals surface area contributed by atoms with Crippen molar-refractivity contribution in [2.24, 2.45) is 28.9 Å². The van der Waals surface area contributed by atoms with Gasteiger partial charge in [-0.05, 0) is 76.9 Å². The molecule has 5 nitrogen and oxygen atoms in total. The molecule has 2 N–H and O–H groups in total. The average Bonchev–Trinajstić information content (AvgIpc) is 2.83. The van der Waals surface area contributed by atoms with E-state index in [-0.39, 0.29) is 23.3 Å². The van der Waals surface area contributed by atoms with E-state index < -0.39 is 5.41 Å². The summed E-state index contributed by atoms with van der Waals surface area (Å²) in [6.07, 6.45) is 10.3. The van der Waals surface area contributed by atoms with Gasteiger partial charge in [0.05, 0.1) is 5.41 Å². The Kier molecular flexibility index (Phi) is 9.42. The summed E-state index contributed by atoms with van der Waals surface area (Å²) in [6.45, 7) is 10.1.